The van der Waals surface area contributed by atoms with Crippen LogP contribution in [0, 0.1) is 0 Å². The van der Waals surface area contributed by atoms with Crippen molar-refractivity contribution < 1.29 is 4.79 Å². The lowest BCUT2D eigenvalue weighted by Crippen LogP contribution is -2.26. The van der Waals surface area contributed by atoms with E-state index < -0.39 is 0 Å². The van der Waals surface area contributed by atoms with Crippen LogP contribution in [0.1, 0.15) is 10.4 Å². The third kappa shape index (κ3) is 3.36. The summed E-state index contributed by atoms with van der Waals surface area (Å²) in [4.78, 5) is 11.6. The maximum atomic E-state index is 11.6. The van der Waals surface area contributed by atoms with E-state index in [4.69, 9.17) is 11.5 Å². The predicted molar refractivity (Wildman–Crippen MR) is 66.0 cm³/mol. The van der Waals surface area contributed by atoms with Crippen molar-refractivity contribution in [2.45, 2.75) is 0 Å². The summed E-state index contributed by atoms with van der Waals surface area (Å²) in [5.74, 6) is 0.738. The van der Waals surface area contributed by atoms with Gasteiger partial charge in [0, 0.05) is 23.7 Å². The molecule has 0 saturated carbocycles. The maximum absolute atomic E-state index is 11.6. The van der Waals surface area contributed by atoms with Crippen LogP contribution in [-0.2, 0) is 0 Å². The standard InChI is InChI=1S/C10H15N3OS/c1-15-5-4-13-10(14)8-3-2-7(11)6-9(8)12/h2-3,6H,4-5,11-12H2,1H3,(H,13,14). The van der Waals surface area contributed by atoms with Gasteiger partial charge in [-0.2, -0.15) is 11.8 Å². The molecule has 15 heavy (non-hydrogen) atoms. The summed E-state index contributed by atoms with van der Waals surface area (Å²) in [6.07, 6.45) is 1.99. The first-order valence-corrected chi connectivity index (χ1v) is 5.96. The zero-order valence-corrected chi connectivity index (χ0v) is 9.43. The fraction of sp³-hybridized carbons (Fsp3) is 0.300. The van der Waals surface area contributed by atoms with Crippen LogP contribution in [-0.4, -0.2) is 24.5 Å². The number of hydrogen-bond donors (Lipinski definition) is 3. The lowest BCUT2D eigenvalue weighted by Gasteiger charge is -2.07. The monoisotopic (exact) mass is 225 g/mol. The minimum Gasteiger partial charge on any atom is -0.399 e. The first-order valence-electron chi connectivity index (χ1n) is 4.57. The van der Waals surface area contributed by atoms with Gasteiger partial charge in [-0.25, -0.2) is 0 Å². The molecule has 0 aliphatic carbocycles. The van der Waals surface area contributed by atoms with Crippen molar-refractivity contribution in [2.75, 3.05) is 30.0 Å². The van der Waals surface area contributed by atoms with Gasteiger partial charge >= 0.3 is 0 Å². The minimum absolute atomic E-state index is 0.151. The number of thioether (sulfide) groups is 1. The Balaban J connectivity index is 2.65. The number of nitrogens with one attached hydrogen (secondary N) is 1. The molecule has 1 aromatic rings. The second-order valence-electron chi connectivity index (χ2n) is 3.10. The Bertz CT molecular complexity index is 355. The molecule has 0 aromatic heterocycles. The fourth-order valence-corrected chi connectivity index (χ4v) is 1.46. The number of rotatable bonds is 4. The van der Waals surface area contributed by atoms with Crippen molar-refractivity contribution in [1.29, 1.82) is 0 Å². The van der Waals surface area contributed by atoms with E-state index in [0.29, 0.717) is 23.5 Å². The van der Waals surface area contributed by atoms with Gasteiger partial charge in [0.25, 0.3) is 5.91 Å². The largest absolute Gasteiger partial charge is 0.399 e. The Labute approximate surface area is 93.4 Å². The topological polar surface area (TPSA) is 81.1 Å². The number of amides is 1. The SMILES string of the molecule is CSCCNC(=O)c1ccc(N)cc1N. The van der Waals surface area contributed by atoms with Crippen molar-refractivity contribution in [2.24, 2.45) is 0 Å². The number of benzene rings is 1. The molecule has 0 bridgehead atoms. The lowest BCUT2D eigenvalue weighted by molar-refractivity contribution is 0.0957. The fourth-order valence-electron chi connectivity index (χ4n) is 1.15. The Morgan fingerprint density at radius 1 is 1.47 bits per heavy atom. The molecule has 5 heteroatoms. The van der Waals surface area contributed by atoms with Crippen molar-refractivity contribution in [3.05, 3.63) is 23.8 Å². The van der Waals surface area contributed by atoms with Crippen LogP contribution in [0.2, 0.25) is 0 Å². The zero-order chi connectivity index (χ0) is 11.3. The lowest BCUT2D eigenvalue weighted by atomic mass is 10.1. The molecule has 0 aliphatic heterocycles. The molecule has 82 valence electrons. The molecule has 0 atom stereocenters. The molecule has 0 unspecified atom stereocenters. The molecule has 5 N–H and O–H groups in total. The zero-order valence-electron chi connectivity index (χ0n) is 8.62. The first-order chi connectivity index (χ1) is 7.15. The van der Waals surface area contributed by atoms with Crippen LogP contribution in [0.25, 0.3) is 0 Å². The van der Waals surface area contributed by atoms with E-state index >= 15 is 0 Å². The third-order valence-electron chi connectivity index (χ3n) is 1.91. The normalized spacial score (nSPS) is 9.93. The van der Waals surface area contributed by atoms with Crippen molar-refractivity contribution in [3.63, 3.8) is 0 Å². The summed E-state index contributed by atoms with van der Waals surface area (Å²) in [5.41, 5.74) is 12.7. The highest BCUT2D eigenvalue weighted by Gasteiger charge is 2.08. The van der Waals surface area contributed by atoms with Gasteiger partial charge in [0.1, 0.15) is 0 Å². The number of nitrogen functional groups attached to an aromatic ring is 2. The highest BCUT2D eigenvalue weighted by Crippen LogP contribution is 2.15. The average Bonchev–Trinajstić information content (AvgIpc) is 2.17. The van der Waals surface area contributed by atoms with Crippen LogP contribution in [0.3, 0.4) is 0 Å². The van der Waals surface area contributed by atoms with Crippen LogP contribution >= 0.6 is 11.8 Å². The van der Waals surface area contributed by atoms with Gasteiger partial charge in [0.2, 0.25) is 0 Å². The van der Waals surface area contributed by atoms with Gasteiger partial charge in [-0.15, -0.1) is 0 Å². The van der Waals surface area contributed by atoms with Gasteiger partial charge < -0.3 is 16.8 Å². The summed E-state index contributed by atoms with van der Waals surface area (Å²) in [6.45, 7) is 0.643. The Morgan fingerprint density at radius 2 is 2.20 bits per heavy atom. The Kier molecular flexibility index (Phi) is 4.30. The summed E-state index contributed by atoms with van der Waals surface area (Å²) in [6, 6.07) is 4.89. The summed E-state index contributed by atoms with van der Waals surface area (Å²) in [7, 11) is 0. The van der Waals surface area contributed by atoms with Crippen molar-refractivity contribution in [3.8, 4) is 0 Å². The molecule has 0 fully saturated rings. The molecule has 1 rings (SSSR count). The number of carbonyl (C=O) groups excluding carboxylic acids is 1. The molecular formula is C10H15N3OS. The first kappa shape index (κ1) is 11.7. The van der Waals surface area contributed by atoms with E-state index in [1.807, 2.05) is 6.26 Å². The van der Waals surface area contributed by atoms with E-state index in [0.717, 1.165) is 5.75 Å². The molecule has 0 radical (unpaired) electrons. The Hall–Kier alpha value is -1.36. The second kappa shape index (κ2) is 5.50. The molecular weight excluding hydrogens is 210 g/mol. The number of anilines is 2. The number of nitrogens with two attached hydrogens (primary N) is 2. The van der Waals surface area contributed by atoms with Gasteiger partial charge in [0.15, 0.2) is 0 Å². The number of hydrogen-bond acceptors (Lipinski definition) is 4. The van der Waals surface area contributed by atoms with E-state index in [9.17, 15) is 4.79 Å². The Morgan fingerprint density at radius 3 is 2.80 bits per heavy atom. The van der Waals surface area contributed by atoms with Crippen LogP contribution in [0.5, 0.6) is 0 Å². The van der Waals surface area contributed by atoms with E-state index in [1.165, 1.54) is 0 Å². The average molecular weight is 225 g/mol. The molecule has 1 aromatic carbocycles. The van der Waals surface area contributed by atoms with Gasteiger partial charge in [0.05, 0.1) is 5.56 Å². The van der Waals surface area contributed by atoms with Crippen LogP contribution < -0.4 is 16.8 Å². The second-order valence-corrected chi connectivity index (χ2v) is 4.08. The summed E-state index contributed by atoms with van der Waals surface area (Å²) >= 11 is 1.68. The highest BCUT2D eigenvalue weighted by atomic mass is 32.2. The van der Waals surface area contributed by atoms with Gasteiger partial charge in [-0.05, 0) is 24.5 Å². The van der Waals surface area contributed by atoms with Gasteiger partial charge in [-0.3, -0.25) is 4.79 Å². The minimum atomic E-state index is -0.151. The highest BCUT2D eigenvalue weighted by molar-refractivity contribution is 7.98. The molecule has 0 heterocycles. The van der Waals surface area contributed by atoms with Crippen LogP contribution in [0.4, 0.5) is 11.4 Å². The van der Waals surface area contributed by atoms with Crippen molar-refractivity contribution >= 4 is 29.0 Å². The molecule has 4 nitrogen and oxygen atoms in total. The van der Waals surface area contributed by atoms with E-state index in [2.05, 4.69) is 5.32 Å². The molecule has 0 spiro atoms. The van der Waals surface area contributed by atoms with Crippen LogP contribution in [0.15, 0.2) is 18.2 Å². The predicted octanol–water partition coefficient (Wildman–Crippen LogP) is 0.944. The summed E-state index contributed by atoms with van der Waals surface area (Å²) in [5, 5.41) is 2.78. The molecule has 0 aliphatic rings. The molecule has 1 amide bonds. The van der Waals surface area contributed by atoms with E-state index in [-0.39, 0.29) is 5.91 Å². The van der Waals surface area contributed by atoms with E-state index in [1.54, 1.807) is 30.0 Å². The molecule has 0 saturated heterocycles. The van der Waals surface area contributed by atoms with Crippen molar-refractivity contribution in [1.82, 2.24) is 5.32 Å². The van der Waals surface area contributed by atoms with Gasteiger partial charge in [-0.1, -0.05) is 0 Å². The third-order valence-corrected chi connectivity index (χ3v) is 2.52. The maximum Gasteiger partial charge on any atom is 0.253 e. The quantitative estimate of drug-likeness (QED) is 0.526. The summed E-state index contributed by atoms with van der Waals surface area (Å²) < 4.78 is 0. The number of carbonyl (C=O) groups is 1. The smallest absolute Gasteiger partial charge is 0.253 e.